The van der Waals surface area contributed by atoms with E-state index in [0.29, 0.717) is 6.54 Å². The minimum absolute atomic E-state index is 0.212. The molecule has 1 aliphatic heterocycles. The van der Waals surface area contributed by atoms with Gasteiger partial charge in [0.25, 0.3) is 0 Å². The van der Waals surface area contributed by atoms with Crippen LogP contribution in [0.2, 0.25) is 0 Å². The van der Waals surface area contributed by atoms with Crippen LogP contribution in [-0.4, -0.2) is 19.1 Å². The summed E-state index contributed by atoms with van der Waals surface area (Å²) in [7, 11) is 0. The van der Waals surface area contributed by atoms with E-state index in [1.807, 2.05) is 18.4 Å². The van der Waals surface area contributed by atoms with E-state index in [1.54, 1.807) is 0 Å². The van der Waals surface area contributed by atoms with Gasteiger partial charge in [0.2, 0.25) is 5.91 Å². The largest absolute Gasteiger partial charge is 0.493 e. The molecular formula is C18H21NO3. The number of furan rings is 1. The van der Waals surface area contributed by atoms with Crippen molar-refractivity contribution in [1.82, 2.24) is 5.32 Å². The van der Waals surface area contributed by atoms with Gasteiger partial charge in [0.15, 0.2) is 0 Å². The van der Waals surface area contributed by atoms with Gasteiger partial charge in [-0.25, -0.2) is 0 Å². The van der Waals surface area contributed by atoms with Crippen LogP contribution in [0.4, 0.5) is 0 Å². The number of hydrogen-bond donors (Lipinski definition) is 1. The summed E-state index contributed by atoms with van der Waals surface area (Å²) in [5.74, 6) is 1.45. The Balaban J connectivity index is 1.50. The molecule has 2 aromatic rings. The summed E-state index contributed by atoms with van der Waals surface area (Å²) in [6, 6.07) is 3.98. The van der Waals surface area contributed by atoms with Gasteiger partial charge in [-0.2, -0.15) is 0 Å². The second-order valence-corrected chi connectivity index (χ2v) is 6.30. The van der Waals surface area contributed by atoms with Crippen LogP contribution in [0.25, 0.3) is 11.0 Å². The van der Waals surface area contributed by atoms with Crippen molar-refractivity contribution in [2.75, 3.05) is 13.2 Å². The first-order chi connectivity index (χ1) is 10.8. The van der Waals surface area contributed by atoms with Crippen molar-refractivity contribution in [2.45, 2.75) is 38.5 Å². The van der Waals surface area contributed by atoms with Crippen LogP contribution in [0, 0.1) is 5.92 Å². The van der Waals surface area contributed by atoms with Gasteiger partial charge in [-0.15, -0.1) is 0 Å². The van der Waals surface area contributed by atoms with Crippen molar-refractivity contribution in [3.8, 4) is 5.75 Å². The third kappa shape index (κ3) is 2.36. The molecule has 22 heavy (non-hydrogen) atoms. The molecule has 2 heterocycles. The molecule has 0 radical (unpaired) electrons. The Kier molecular flexibility index (Phi) is 3.53. The second kappa shape index (κ2) is 5.67. The average molecular weight is 299 g/mol. The number of carbonyl (C=O) groups is 1. The molecule has 1 amide bonds. The maximum atomic E-state index is 11.9. The quantitative estimate of drug-likeness (QED) is 0.943. The zero-order chi connectivity index (χ0) is 14.9. The molecule has 4 heteroatoms. The zero-order valence-corrected chi connectivity index (χ0v) is 12.7. The third-order valence-electron chi connectivity index (χ3n) is 4.88. The summed E-state index contributed by atoms with van der Waals surface area (Å²) in [4.78, 5) is 11.9. The molecule has 116 valence electrons. The van der Waals surface area contributed by atoms with Gasteiger partial charge in [-0.05, 0) is 44.2 Å². The van der Waals surface area contributed by atoms with Gasteiger partial charge >= 0.3 is 0 Å². The number of rotatable bonds is 4. The standard InChI is InChI=1S/C18H21NO3/c20-18(12-3-1-4-12)19-9-8-13-11-22-16-7-6-15-14(17(13)16)5-2-10-21-15/h6-7,11-12H,1-5,8-10H2,(H,19,20). The Morgan fingerprint density at radius 1 is 1.27 bits per heavy atom. The highest BCUT2D eigenvalue weighted by atomic mass is 16.5. The molecular weight excluding hydrogens is 278 g/mol. The SMILES string of the molecule is O=C(NCCc1coc2ccc3c(c12)CCCO3)C1CCC1. The van der Waals surface area contributed by atoms with Gasteiger partial charge < -0.3 is 14.5 Å². The number of amides is 1. The van der Waals surface area contributed by atoms with Crippen LogP contribution in [0.15, 0.2) is 22.8 Å². The maximum Gasteiger partial charge on any atom is 0.223 e. The van der Waals surface area contributed by atoms with Gasteiger partial charge in [0, 0.05) is 29.0 Å². The molecule has 2 aliphatic rings. The average Bonchev–Trinajstić information content (AvgIpc) is 2.89. The van der Waals surface area contributed by atoms with E-state index in [-0.39, 0.29) is 11.8 Å². The fourth-order valence-electron chi connectivity index (χ4n) is 3.38. The Morgan fingerprint density at radius 2 is 2.18 bits per heavy atom. The van der Waals surface area contributed by atoms with E-state index in [4.69, 9.17) is 9.15 Å². The van der Waals surface area contributed by atoms with Crippen molar-refractivity contribution in [1.29, 1.82) is 0 Å². The second-order valence-electron chi connectivity index (χ2n) is 6.30. The molecule has 1 N–H and O–H groups in total. The number of carbonyl (C=O) groups excluding carboxylic acids is 1. The number of benzene rings is 1. The van der Waals surface area contributed by atoms with Crippen LogP contribution in [-0.2, 0) is 17.6 Å². The molecule has 1 aliphatic carbocycles. The van der Waals surface area contributed by atoms with Crippen molar-refractivity contribution in [3.05, 3.63) is 29.5 Å². The zero-order valence-electron chi connectivity index (χ0n) is 12.7. The molecule has 0 saturated heterocycles. The van der Waals surface area contributed by atoms with E-state index in [0.717, 1.165) is 50.0 Å². The van der Waals surface area contributed by atoms with E-state index in [9.17, 15) is 4.79 Å². The maximum absolute atomic E-state index is 11.9. The van der Waals surface area contributed by atoms with Crippen molar-refractivity contribution < 1.29 is 13.9 Å². The monoisotopic (exact) mass is 299 g/mol. The highest BCUT2D eigenvalue weighted by molar-refractivity contribution is 5.87. The van der Waals surface area contributed by atoms with Crippen molar-refractivity contribution in [2.24, 2.45) is 5.92 Å². The van der Waals surface area contributed by atoms with Gasteiger partial charge in [-0.3, -0.25) is 4.79 Å². The Labute approximate surface area is 129 Å². The van der Waals surface area contributed by atoms with Crippen LogP contribution < -0.4 is 10.1 Å². The lowest BCUT2D eigenvalue weighted by molar-refractivity contribution is -0.127. The highest BCUT2D eigenvalue weighted by Gasteiger charge is 2.25. The first-order valence-corrected chi connectivity index (χ1v) is 8.25. The number of hydrogen-bond acceptors (Lipinski definition) is 3. The fourth-order valence-corrected chi connectivity index (χ4v) is 3.38. The Bertz CT molecular complexity index is 700. The minimum Gasteiger partial charge on any atom is -0.493 e. The Morgan fingerprint density at radius 3 is 3.00 bits per heavy atom. The summed E-state index contributed by atoms with van der Waals surface area (Å²) in [5, 5.41) is 4.25. The predicted octanol–water partition coefficient (Wildman–Crippen LogP) is 3.22. The summed E-state index contributed by atoms with van der Waals surface area (Å²) in [6.45, 7) is 1.47. The normalized spacial score (nSPS) is 17.6. The first-order valence-electron chi connectivity index (χ1n) is 8.25. The Hall–Kier alpha value is -1.97. The molecule has 1 aromatic carbocycles. The molecule has 0 atom stereocenters. The predicted molar refractivity (Wildman–Crippen MR) is 84.1 cm³/mol. The summed E-state index contributed by atoms with van der Waals surface area (Å²) >= 11 is 0. The molecule has 1 fully saturated rings. The molecule has 1 aromatic heterocycles. The van der Waals surface area contributed by atoms with Crippen LogP contribution >= 0.6 is 0 Å². The number of aryl methyl sites for hydroxylation is 1. The summed E-state index contributed by atoms with van der Waals surface area (Å²) in [6.07, 6.45) is 8.01. The van der Waals surface area contributed by atoms with E-state index >= 15 is 0 Å². The topological polar surface area (TPSA) is 51.5 Å². The van der Waals surface area contributed by atoms with E-state index in [1.165, 1.54) is 22.9 Å². The highest BCUT2D eigenvalue weighted by Crippen LogP contribution is 2.35. The van der Waals surface area contributed by atoms with Crippen molar-refractivity contribution >= 4 is 16.9 Å². The van der Waals surface area contributed by atoms with Crippen molar-refractivity contribution in [3.63, 3.8) is 0 Å². The number of ether oxygens (including phenoxy) is 1. The van der Waals surface area contributed by atoms with Gasteiger partial charge in [0.05, 0.1) is 12.9 Å². The summed E-state index contributed by atoms with van der Waals surface area (Å²) < 4.78 is 11.4. The lowest BCUT2D eigenvalue weighted by Crippen LogP contribution is -2.35. The molecule has 4 nitrogen and oxygen atoms in total. The van der Waals surface area contributed by atoms with E-state index in [2.05, 4.69) is 5.32 Å². The minimum atomic E-state index is 0.212. The van der Waals surface area contributed by atoms with Gasteiger partial charge in [-0.1, -0.05) is 6.42 Å². The fraction of sp³-hybridized carbons (Fsp3) is 0.500. The van der Waals surface area contributed by atoms with Crippen LogP contribution in [0.1, 0.15) is 36.8 Å². The third-order valence-corrected chi connectivity index (χ3v) is 4.88. The lowest BCUT2D eigenvalue weighted by Gasteiger charge is -2.24. The number of nitrogens with one attached hydrogen (secondary N) is 1. The molecule has 1 saturated carbocycles. The lowest BCUT2D eigenvalue weighted by atomic mass is 9.85. The summed E-state index contributed by atoms with van der Waals surface area (Å²) in [5.41, 5.74) is 3.36. The number of fused-ring (bicyclic) bond motifs is 3. The molecule has 4 rings (SSSR count). The molecule has 0 bridgehead atoms. The van der Waals surface area contributed by atoms with Gasteiger partial charge in [0.1, 0.15) is 11.3 Å². The van der Waals surface area contributed by atoms with E-state index < -0.39 is 0 Å². The van der Waals surface area contributed by atoms with Crippen LogP contribution in [0.5, 0.6) is 5.75 Å². The molecule has 0 unspecified atom stereocenters. The first kappa shape index (κ1) is 13.7. The molecule has 0 spiro atoms. The smallest absolute Gasteiger partial charge is 0.223 e. The van der Waals surface area contributed by atoms with Crippen LogP contribution in [0.3, 0.4) is 0 Å².